The molecule has 0 N–H and O–H groups in total. The fraction of sp³-hybridized carbons (Fsp3) is 0.500. The van der Waals surface area contributed by atoms with E-state index in [1.807, 2.05) is 0 Å². The zero-order chi connectivity index (χ0) is 9.92. The molecular weight excluding hydrogens is 172 g/mol. The van der Waals surface area contributed by atoms with Gasteiger partial charge in [-0.3, -0.25) is 4.90 Å². The Labute approximate surface area is 85.1 Å². The molecule has 2 unspecified atom stereocenters. The van der Waals surface area contributed by atoms with Crippen LogP contribution < -0.4 is 4.90 Å². The highest BCUT2D eigenvalue weighted by molar-refractivity contribution is 5.65. The maximum Gasteiger partial charge on any atom is 0.0784 e. The first kappa shape index (κ1) is 8.30. The quantitative estimate of drug-likeness (QED) is 0.570. The summed E-state index contributed by atoms with van der Waals surface area (Å²) in [5.41, 5.74) is 4.68. The summed E-state index contributed by atoms with van der Waals surface area (Å²) in [6.45, 7) is 4.55. The van der Waals surface area contributed by atoms with E-state index in [-0.39, 0.29) is 0 Å². The SMILES string of the molecule is Cc1ccc2c(c1)C1(CN2C)CN1C. The number of anilines is 1. The molecule has 2 heterocycles. The lowest BCUT2D eigenvalue weighted by molar-refractivity contribution is 0.501. The molecule has 2 heteroatoms. The van der Waals surface area contributed by atoms with Gasteiger partial charge in [-0.25, -0.2) is 0 Å². The van der Waals surface area contributed by atoms with Crippen LogP contribution in [0.4, 0.5) is 5.69 Å². The molecule has 1 aromatic rings. The summed E-state index contributed by atoms with van der Waals surface area (Å²) in [7, 11) is 4.40. The van der Waals surface area contributed by atoms with Crippen LogP contribution in [-0.4, -0.2) is 32.1 Å². The summed E-state index contributed by atoms with van der Waals surface area (Å²) in [5, 5.41) is 0. The highest BCUT2D eigenvalue weighted by atomic mass is 15.4. The van der Waals surface area contributed by atoms with Crippen molar-refractivity contribution in [3.63, 3.8) is 0 Å². The molecule has 3 rings (SSSR count). The Kier molecular flexibility index (Phi) is 1.37. The summed E-state index contributed by atoms with van der Waals surface area (Å²) < 4.78 is 0. The Hall–Kier alpha value is -1.02. The average Bonchev–Trinajstić information content (AvgIpc) is 2.68. The van der Waals surface area contributed by atoms with Crippen LogP contribution in [0.2, 0.25) is 0 Å². The molecule has 0 amide bonds. The van der Waals surface area contributed by atoms with E-state index in [4.69, 9.17) is 0 Å². The minimum Gasteiger partial charge on any atom is -0.372 e. The van der Waals surface area contributed by atoms with Crippen LogP contribution in [-0.2, 0) is 5.54 Å². The van der Waals surface area contributed by atoms with Crippen molar-refractivity contribution in [2.75, 3.05) is 32.1 Å². The van der Waals surface area contributed by atoms with Crippen LogP contribution in [0.1, 0.15) is 11.1 Å². The lowest BCUT2D eigenvalue weighted by atomic mass is 9.99. The summed E-state index contributed by atoms with van der Waals surface area (Å²) in [5.74, 6) is 0. The van der Waals surface area contributed by atoms with Crippen molar-refractivity contribution in [3.05, 3.63) is 29.3 Å². The molecule has 14 heavy (non-hydrogen) atoms. The molecule has 1 fully saturated rings. The number of benzene rings is 1. The van der Waals surface area contributed by atoms with Crippen molar-refractivity contribution in [1.29, 1.82) is 0 Å². The Morgan fingerprint density at radius 1 is 1.21 bits per heavy atom. The highest BCUT2D eigenvalue weighted by Crippen LogP contribution is 2.50. The van der Waals surface area contributed by atoms with E-state index in [1.165, 1.54) is 23.4 Å². The Bertz CT molecular complexity index is 399. The number of likely N-dealkylation sites (N-methyl/N-ethyl adjacent to an activating group) is 2. The van der Waals surface area contributed by atoms with E-state index < -0.39 is 0 Å². The van der Waals surface area contributed by atoms with E-state index in [2.05, 4.69) is 49.0 Å². The zero-order valence-corrected chi connectivity index (χ0v) is 9.04. The number of fused-ring (bicyclic) bond motifs is 2. The first-order valence-corrected chi connectivity index (χ1v) is 5.17. The van der Waals surface area contributed by atoms with Crippen molar-refractivity contribution in [2.45, 2.75) is 12.5 Å². The number of nitrogens with zero attached hydrogens (tertiary/aromatic N) is 2. The van der Waals surface area contributed by atoms with Crippen LogP contribution in [0.25, 0.3) is 0 Å². The van der Waals surface area contributed by atoms with E-state index in [0.29, 0.717) is 5.54 Å². The third-order valence-corrected chi connectivity index (χ3v) is 3.69. The van der Waals surface area contributed by atoms with Gasteiger partial charge in [0, 0.05) is 25.8 Å². The normalized spacial score (nSPS) is 33.6. The molecule has 2 nitrogen and oxygen atoms in total. The van der Waals surface area contributed by atoms with Crippen molar-refractivity contribution >= 4 is 5.69 Å². The third kappa shape index (κ3) is 0.845. The standard InChI is InChI=1S/C12H16N2/c1-9-4-5-11-10(6-9)12(7-13(11)2)8-14(12)3/h4-6H,7-8H2,1-3H3. The second kappa shape index (κ2) is 2.31. The van der Waals surface area contributed by atoms with Gasteiger partial charge in [-0.15, -0.1) is 0 Å². The molecule has 0 radical (unpaired) electrons. The molecule has 0 saturated carbocycles. The third-order valence-electron chi connectivity index (χ3n) is 3.69. The molecule has 1 spiro atoms. The van der Waals surface area contributed by atoms with E-state index >= 15 is 0 Å². The molecule has 1 saturated heterocycles. The van der Waals surface area contributed by atoms with Gasteiger partial charge < -0.3 is 4.90 Å². The summed E-state index contributed by atoms with van der Waals surface area (Å²) in [6, 6.07) is 6.81. The molecule has 2 aliphatic rings. The van der Waals surface area contributed by atoms with Gasteiger partial charge in [-0.2, -0.15) is 0 Å². The topological polar surface area (TPSA) is 6.25 Å². The Morgan fingerprint density at radius 2 is 1.93 bits per heavy atom. The lowest BCUT2D eigenvalue weighted by Gasteiger charge is -2.11. The largest absolute Gasteiger partial charge is 0.372 e. The van der Waals surface area contributed by atoms with Crippen LogP contribution >= 0.6 is 0 Å². The summed E-state index contributed by atoms with van der Waals surface area (Å²) in [6.07, 6.45) is 0. The monoisotopic (exact) mass is 188 g/mol. The van der Waals surface area contributed by atoms with Gasteiger partial charge in [0.15, 0.2) is 0 Å². The van der Waals surface area contributed by atoms with Gasteiger partial charge in [0.25, 0.3) is 0 Å². The molecular formula is C12H16N2. The van der Waals surface area contributed by atoms with Crippen LogP contribution in [0, 0.1) is 6.92 Å². The molecule has 2 aliphatic heterocycles. The number of aryl methyl sites for hydroxylation is 1. The fourth-order valence-corrected chi connectivity index (χ4v) is 2.74. The fourth-order valence-electron chi connectivity index (χ4n) is 2.74. The Balaban J connectivity index is 2.17. The predicted molar refractivity (Wildman–Crippen MR) is 58.8 cm³/mol. The zero-order valence-electron chi connectivity index (χ0n) is 9.04. The van der Waals surface area contributed by atoms with E-state index in [1.54, 1.807) is 0 Å². The van der Waals surface area contributed by atoms with Crippen molar-refractivity contribution in [1.82, 2.24) is 4.90 Å². The number of hydrogen-bond donors (Lipinski definition) is 0. The van der Waals surface area contributed by atoms with Gasteiger partial charge in [0.1, 0.15) is 0 Å². The van der Waals surface area contributed by atoms with Gasteiger partial charge in [-0.1, -0.05) is 17.7 Å². The lowest BCUT2D eigenvalue weighted by Crippen LogP contribution is -2.22. The first-order valence-electron chi connectivity index (χ1n) is 5.17. The molecule has 1 aromatic carbocycles. The first-order chi connectivity index (χ1) is 6.63. The van der Waals surface area contributed by atoms with E-state index in [0.717, 1.165) is 6.54 Å². The maximum absolute atomic E-state index is 2.44. The summed E-state index contributed by atoms with van der Waals surface area (Å²) >= 11 is 0. The Morgan fingerprint density at radius 3 is 2.57 bits per heavy atom. The minimum absolute atomic E-state index is 0.357. The van der Waals surface area contributed by atoms with Crippen LogP contribution in [0.5, 0.6) is 0 Å². The van der Waals surface area contributed by atoms with Gasteiger partial charge >= 0.3 is 0 Å². The smallest absolute Gasteiger partial charge is 0.0784 e. The molecule has 0 aromatic heterocycles. The summed E-state index contributed by atoms with van der Waals surface area (Å²) in [4.78, 5) is 4.81. The van der Waals surface area contributed by atoms with Gasteiger partial charge in [-0.05, 0) is 25.6 Å². The second-order valence-corrected chi connectivity index (χ2v) is 4.76. The van der Waals surface area contributed by atoms with Crippen molar-refractivity contribution in [3.8, 4) is 0 Å². The maximum atomic E-state index is 2.44. The number of rotatable bonds is 0. The molecule has 74 valence electrons. The van der Waals surface area contributed by atoms with Gasteiger partial charge in [0.05, 0.1) is 5.54 Å². The van der Waals surface area contributed by atoms with Crippen LogP contribution in [0.15, 0.2) is 18.2 Å². The molecule has 0 bridgehead atoms. The number of hydrogen-bond acceptors (Lipinski definition) is 2. The van der Waals surface area contributed by atoms with Crippen molar-refractivity contribution in [2.24, 2.45) is 0 Å². The van der Waals surface area contributed by atoms with Crippen LogP contribution in [0.3, 0.4) is 0 Å². The second-order valence-electron chi connectivity index (χ2n) is 4.76. The van der Waals surface area contributed by atoms with Gasteiger partial charge in [0.2, 0.25) is 0 Å². The minimum atomic E-state index is 0.357. The van der Waals surface area contributed by atoms with Crippen molar-refractivity contribution < 1.29 is 0 Å². The molecule has 2 atom stereocenters. The predicted octanol–water partition coefficient (Wildman–Crippen LogP) is 1.59. The highest BCUT2D eigenvalue weighted by Gasteiger charge is 2.56. The molecule has 0 aliphatic carbocycles. The van der Waals surface area contributed by atoms with E-state index in [9.17, 15) is 0 Å². The average molecular weight is 188 g/mol.